The molecule has 1 aromatic heterocycles. The van der Waals surface area contributed by atoms with Crippen molar-refractivity contribution in [1.29, 1.82) is 0 Å². The highest BCUT2D eigenvalue weighted by Gasteiger charge is 2.31. The van der Waals surface area contributed by atoms with Gasteiger partial charge in [0, 0.05) is 56.2 Å². The van der Waals surface area contributed by atoms with Crippen molar-refractivity contribution in [3.8, 4) is 5.69 Å². The molecular weight excluding hydrogens is 288 g/mol. The molecule has 23 heavy (non-hydrogen) atoms. The lowest BCUT2D eigenvalue weighted by Gasteiger charge is -2.29. The van der Waals surface area contributed by atoms with E-state index in [4.69, 9.17) is 4.74 Å². The molecule has 5 heteroatoms. The van der Waals surface area contributed by atoms with Crippen LogP contribution in [0.25, 0.3) is 5.69 Å². The fourth-order valence-corrected chi connectivity index (χ4v) is 3.78. The second kappa shape index (κ2) is 6.43. The van der Waals surface area contributed by atoms with E-state index in [1.54, 1.807) is 0 Å². The van der Waals surface area contributed by atoms with Crippen LogP contribution in [0.5, 0.6) is 0 Å². The first-order valence-corrected chi connectivity index (χ1v) is 8.35. The first-order chi connectivity index (χ1) is 11.3. The minimum atomic E-state index is 0.501. The van der Waals surface area contributed by atoms with Crippen LogP contribution in [0.4, 0.5) is 0 Å². The molecule has 0 saturated carbocycles. The number of rotatable bonds is 3. The number of nitrogens with zero attached hydrogens (tertiary/aromatic N) is 4. The van der Waals surface area contributed by atoms with Crippen LogP contribution >= 0.6 is 0 Å². The Bertz CT molecular complexity index is 625. The highest BCUT2D eigenvalue weighted by atomic mass is 16.5. The molecule has 2 aromatic rings. The Morgan fingerprint density at radius 3 is 2.78 bits per heavy atom. The van der Waals surface area contributed by atoms with Gasteiger partial charge in [-0.2, -0.15) is 0 Å². The topological polar surface area (TPSA) is 33.5 Å². The van der Waals surface area contributed by atoms with E-state index in [1.807, 2.05) is 23.3 Å². The minimum Gasteiger partial charge on any atom is -0.379 e. The van der Waals surface area contributed by atoms with Gasteiger partial charge in [-0.15, -0.1) is 0 Å². The van der Waals surface area contributed by atoms with Gasteiger partial charge in [0.25, 0.3) is 0 Å². The molecule has 2 aliphatic rings. The molecule has 0 unspecified atom stereocenters. The van der Waals surface area contributed by atoms with E-state index in [2.05, 4.69) is 46.1 Å². The zero-order valence-corrected chi connectivity index (χ0v) is 13.6. The summed E-state index contributed by atoms with van der Waals surface area (Å²) in [6.07, 6.45) is 5.61. The fraction of sp³-hybridized carbons (Fsp3) is 0.500. The first-order valence-electron chi connectivity index (χ1n) is 8.35. The van der Waals surface area contributed by atoms with Crippen molar-refractivity contribution in [2.45, 2.75) is 12.6 Å². The van der Waals surface area contributed by atoms with E-state index in [0.29, 0.717) is 12.0 Å². The quantitative estimate of drug-likeness (QED) is 0.863. The number of hydrogen-bond donors (Lipinski definition) is 0. The number of likely N-dealkylation sites (N-methyl/N-ethyl adjacent to an activating group) is 1. The van der Waals surface area contributed by atoms with E-state index in [0.717, 1.165) is 45.1 Å². The molecule has 2 aliphatic heterocycles. The molecule has 122 valence electrons. The lowest BCUT2D eigenvalue weighted by atomic mass is 10.1. The molecule has 1 aromatic carbocycles. The van der Waals surface area contributed by atoms with Crippen molar-refractivity contribution >= 4 is 0 Å². The molecule has 0 radical (unpaired) electrons. The zero-order chi connectivity index (χ0) is 15.6. The third kappa shape index (κ3) is 3.32. The van der Waals surface area contributed by atoms with Crippen LogP contribution in [-0.2, 0) is 11.3 Å². The average molecular weight is 312 g/mol. The van der Waals surface area contributed by atoms with Gasteiger partial charge >= 0.3 is 0 Å². The van der Waals surface area contributed by atoms with Crippen molar-refractivity contribution in [3.05, 3.63) is 48.5 Å². The Kier molecular flexibility index (Phi) is 4.16. The lowest BCUT2D eigenvalue weighted by Crippen LogP contribution is -2.42. The number of aromatic nitrogens is 2. The number of fused-ring (bicyclic) bond motifs is 3. The summed E-state index contributed by atoms with van der Waals surface area (Å²) in [6.45, 7) is 6.14. The van der Waals surface area contributed by atoms with Gasteiger partial charge in [-0.25, -0.2) is 4.98 Å². The second-order valence-corrected chi connectivity index (χ2v) is 6.84. The van der Waals surface area contributed by atoms with E-state index in [1.165, 1.54) is 5.56 Å². The molecule has 2 bridgehead atoms. The largest absolute Gasteiger partial charge is 0.379 e. The van der Waals surface area contributed by atoms with Gasteiger partial charge in [0.15, 0.2) is 0 Å². The van der Waals surface area contributed by atoms with E-state index >= 15 is 0 Å². The summed E-state index contributed by atoms with van der Waals surface area (Å²) in [7, 11) is 2.23. The number of ether oxygens (including phenoxy) is 1. The Labute approximate surface area is 137 Å². The second-order valence-electron chi connectivity index (χ2n) is 6.84. The highest BCUT2D eigenvalue weighted by molar-refractivity contribution is 5.34. The Morgan fingerprint density at radius 1 is 1.13 bits per heavy atom. The van der Waals surface area contributed by atoms with Gasteiger partial charge in [-0.05, 0) is 24.7 Å². The van der Waals surface area contributed by atoms with Crippen LogP contribution in [0.3, 0.4) is 0 Å². The molecule has 2 saturated heterocycles. The molecule has 2 atom stereocenters. The Morgan fingerprint density at radius 2 is 2.00 bits per heavy atom. The molecule has 4 rings (SSSR count). The maximum Gasteiger partial charge on any atom is 0.0991 e. The third-order valence-electron chi connectivity index (χ3n) is 4.89. The molecule has 2 fully saturated rings. The average Bonchev–Trinajstić information content (AvgIpc) is 2.95. The van der Waals surface area contributed by atoms with Crippen LogP contribution in [0, 0.1) is 5.92 Å². The fourth-order valence-electron chi connectivity index (χ4n) is 3.78. The SMILES string of the molecule is CN1C[C@@H]2COC[C@H](C1)N(Cc1ccc(-n3ccnc3)cc1)C2. The summed E-state index contributed by atoms with van der Waals surface area (Å²) in [4.78, 5) is 9.17. The Balaban J connectivity index is 1.49. The maximum absolute atomic E-state index is 5.87. The molecule has 0 spiro atoms. The summed E-state index contributed by atoms with van der Waals surface area (Å²) in [5.41, 5.74) is 2.52. The smallest absolute Gasteiger partial charge is 0.0991 e. The standard InChI is InChI=1S/C18H24N4O/c1-20-8-16-10-22(18(11-20)13-23-12-16)9-15-2-4-17(5-3-15)21-7-6-19-14-21/h2-7,14,16,18H,8-13H2,1H3/t16-,18-/m0/s1. The van der Waals surface area contributed by atoms with Crippen molar-refractivity contribution in [3.63, 3.8) is 0 Å². The predicted molar refractivity (Wildman–Crippen MR) is 89.6 cm³/mol. The summed E-state index contributed by atoms with van der Waals surface area (Å²) < 4.78 is 7.90. The Hall–Kier alpha value is -1.69. The summed E-state index contributed by atoms with van der Waals surface area (Å²) in [5, 5.41) is 0. The summed E-state index contributed by atoms with van der Waals surface area (Å²) in [6, 6.07) is 9.30. The van der Waals surface area contributed by atoms with Crippen molar-refractivity contribution in [2.75, 3.05) is 39.9 Å². The third-order valence-corrected chi connectivity index (χ3v) is 4.89. The number of benzene rings is 1. The first kappa shape index (κ1) is 14.9. The molecule has 0 aliphatic carbocycles. The maximum atomic E-state index is 5.87. The summed E-state index contributed by atoms with van der Waals surface area (Å²) in [5.74, 6) is 0.623. The van der Waals surface area contributed by atoms with Crippen LogP contribution < -0.4 is 0 Å². The molecule has 0 N–H and O–H groups in total. The van der Waals surface area contributed by atoms with Gasteiger partial charge in [0.05, 0.1) is 19.5 Å². The van der Waals surface area contributed by atoms with Crippen LogP contribution in [0.15, 0.2) is 43.0 Å². The number of imidazole rings is 1. The van der Waals surface area contributed by atoms with E-state index < -0.39 is 0 Å². The predicted octanol–water partition coefficient (Wildman–Crippen LogP) is 1.63. The number of hydrogen-bond acceptors (Lipinski definition) is 4. The minimum absolute atomic E-state index is 0.501. The van der Waals surface area contributed by atoms with Gasteiger partial charge < -0.3 is 14.2 Å². The zero-order valence-electron chi connectivity index (χ0n) is 13.6. The van der Waals surface area contributed by atoms with Crippen LogP contribution in [0.1, 0.15) is 5.56 Å². The van der Waals surface area contributed by atoms with Gasteiger partial charge in [0.2, 0.25) is 0 Å². The summed E-state index contributed by atoms with van der Waals surface area (Å²) >= 11 is 0. The van der Waals surface area contributed by atoms with Crippen LogP contribution in [-0.4, -0.2) is 65.3 Å². The normalized spacial score (nSPS) is 26.1. The van der Waals surface area contributed by atoms with Crippen molar-refractivity contribution in [1.82, 2.24) is 19.4 Å². The molecule has 0 amide bonds. The molecule has 5 nitrogen and oxygen atoms in total. The monoisotopic (exact) mass is 312 g/mol. The van der Waals surface area contributed by atoms with E-state index in [-0.39, 0.29) is 0 Å². The van der Waals surface area contributed by atoms with Crippen LogP contribution in [0.2, 0.25) is 0 Å². The van der Waals surface area contributed by atoms with E-state index in [9.17, 15) is 0 Å². The molecular formula is C18H24N4O. The van der Waals surface area contributed by atoms with Gasteiger partial charge in [0.1, 0.15) is 0 Å². The highest BCUT2D eigenvalue weighted by Crippen LogP contribution is 2.21. The van der Waals surface area contributed by atoms with Gasteiger partial charge in [-0.1, -0.05) is 12.1 Å². The molecule has 3 heterocycles. The van der Waals surface area contributed by atoms with Crippen molar-refractivity contribution in [2.24, 2.45) is 5.92 Å². The van der Waals surface area contributed by atoms with Crippen molar-refractivity contribution < 1.29 is 4.74 Å². The lowest BCUT2D eigenvalue weighted by molar-refractivity contribution is 0.0562. The van der Waals surface area contributed by atoms with Gasteiger partial charge in [-0.3, -0.25) is 4.90 Å².